The average Bonchev–Trinajstić information content (AvgIpc) is 2.59. The van der Waals surface area contributed by atoms with Crippen molar-refractivity contribution < 1.29 is 19.0 Å². The van der Waals surface area contributed by atoms with Crippen molar-refractivity contribution in [2.45, 2.75) is 26.5 Å². The van der Waals surface area contributed by atoms with Crippen LogP contribution in [-0.2, 0) is 11.3 Å². The summed E-state index contributed by atoms with van der Waals surface area (Å²) in [6.07, 6.45) is -0.594. The molecule has 0 aliphatic rings. The lowest BCUT2D eigenvalue weighted by Gasteiger charge is -2.16. The summed E-state index contributed by atoms with van der Waals surface area (Å²) < 4.78 is 16.3. The van der Waals surface area contributed by atoms with Crippen molar-refractivity contribution in [2.24, 2.45) is 0 Å². The first-order valence-electron chi connectivity index (χ1n) is 7.76. The maximum atomic E-state index is 12.3. The van der Waals surface area contributed by atoms with Gasteiger partial charge in [0.2, 0.25) is 0 Å². The summed E-state index contributed by atoms with van der Waals surface area (Å²) in [4.78, 5) is 12.3. The molecular weight excluding hydrogens is 306 g/mol. The van der Waals surface area contributed by atoms with E-state index in [0.29, 0.717) is 23.8 Å². The van der Waals surface area contributed by atoms with E-state index in [0.717, 1.165) is 11.1 Å². The number of rotatable bonds is 7. The van der Waals surface area contributed by atoms with Crippen LogP contribution in [0.5, 0.6) is 17.2 Å². The number of nitrogens with one attached hydrogen (secondary N) is 1. The zero-order valence-corrected chi connectivity index (χ0v) is 14.5. The molecule has 0 spiro atoms. The van der Waals surface area contributed by atoms with Crippen LogP contribution in [0, 0.1) is 6.92 Å². The fraction of sp³-hybridized carbons (Fsp3) is 0.316. The van der Waals surface area contributed by atoms with E-state index in [4.69, 9.17) is 14.2 Å². The third kappa shape index (κ3) is 4.41. The number of ether oxygens (including phenoxy) is 3. The van der Waals surface area contributed by atoms with Gasteiger partial charge in [0.1, 0.15) is 5.75 Å². The van der Waals surface area contributed by atoms with E-state index in [-0.39, 0.29) is 5.91 Å². The van der Waals surface area contributed by atoms with E-state index in [1.807, 2.05) is 49.4 Å². The van der Waals surface area contributed by atoms with Crippen LogP contribution in [0.15, 0.2) is 42.5 Å². The van der Waals surface area contributed by atoms with Crippen LogP contribution in [0.2, 0.25) is 0 Å². The van der Waals surface area contributed by atoms with Gasteiger partial charge in [-0.05, 0) is 37.6 Å². The first kappa shape index (κ1) is 17.7. The Labute approximate surface area is 142 Å². The van der Waals surface area contributed by atoms with Crippen molar-refractivity contribution in [1.82, 2.24) is 5.32 Å². The minimum atomic E-state index is -0.594. The van der Waals surface area contributed by atoms with Gasteiger partial charge in [-0.1, -0.05) is 24.3 Å². The van der Waals surface area contributed by atoms with Gasteiger partial charge in [0.25, 0.3) is 5.91 Å². The van der Waals surface area contributed by atoms with Crippen molar-refractivity contribution in [3.63, 3.8) is 0 Å². The molecule has 0 aromatic heterocycles. The number of benzene rings is 2. The van der Waals surface area contributed by atoms with Gasteiger partial charge in [0.05, 0.1) is 14.2 Å². The van der Waals surface area contributed by atoms with Crippen LogP contribution >= 0.6 is 0 Å². The molecule has 5 heteroatoms. The number of para-hydroxylation sites is 1. The van der Waals surface area contributed by atoms with Gasteiger partial charge < -0.3 is 19.5 Å². The largest absolute Gasteiger partial charge is 0.493 e. The molecule has 0 radical (unpaired) electrons. The van der Waals surface area contributed by atoms with E-state index in [1.54, 1.807) is 21.1 Å². The van der Waals surface area contributed by atoms with Crippen molar-refractivity contribution in [2.75, 3.05) is 14.2 Å². The summed E-state index contributed by atoms with van der Waals surface area (Å²) in [5.74, 6) is 1.74. The molecule has 0 heterocycles. The molecule has 0 bridgehead atoms. The first-order chi connectivity index (χ1) is 11.5. The fourth-order valence-corrected chi connectivity index (χ4v) is 2.37. The van der Waals surface area contributed by atoms with Crippen LogP contribution in [0.1, 0.15) is 18.1 Å². The molecule has 1 atom stereocenters. The van der Waals surface area contributed by atoms with Gasteiger partial charge in [-0.15, -0.1) is 0 Å². The van der Waals surface area contributed by atoms with E-state index in [1.165, 1.54) is 0 Å². The Morgan fingerprint density at radius 1 is 1.12 bits per heavy atom. The summed E-state index contributed by atoms with van der Waals surface area (Å²) in [5, 5.41) is 2.86. The fourth-order valence-electron chi connectivity index (χ4n) is 2.37. The smallest absolute Gasteiger partial charge is 0.261 e. The molecule has 2 rings (SSSR count). The van der Waals surface area contributed by atoms with E-state index >= 15 is 0 Å². The van der Waals surface area contributed by atoms with Crippen molar-refractivity contribution >= 4 is 5.91 Å². The molecule has 0 saturated carbocycles. The molecule has 24 heavy (non-hydrogen) atoms. The van der Waals surface area contributed by atoms with Crippen LogP contribution in [0.3, 0.4) is 0 Å². The summed E-state index contributed by atoms with van der Waals surface area (Å²) >= 11 is 0. The SMILES string of the molecule is COc1cccc(CNC(=O)C(C)Oc2cccc(C)c2)c1OC. The summed E-state index contributed by atoms with van der Waals surface area (Å²) in [6, 6.07) is 13.2. The van der Waals surface area contributed by atoms with E-state index in [2.05, 4.69) is 5.32 Å². The van der Waals surface area contributed by atoms with Crippen molar-refractivity contribution in [3.8, 4) is 17.2 Å². The summed E-state index contributed by atoms with van der Waals surface area (Å²) in [6.45, 7) is 4.04. The second kappa shape index (κ2) is 8.24. The number of hydrogen-bond donors (Lipinski definition) is 1. The molecule has 0 saturated heterocycles. The molecule has 1 unspecified atom stereocenters. The number of carbonyl (C=O) groups is 1. The molecule has 5 nitrogen and oxygen atoms in total. The highest BCUT2D eigenvalue weighted by atomic mass is 16.5. The molecule has 2 aromatic rings. The number of aryl methyl sites for hydroxylation is 1. The molecular formula is C19H23NO4. The molecule has 1 N–H and O–H groups in total. The topological polar surface area (TPSA) is 56.8 Å². The second-order valence-electron chi connectivity index (χ2n) is 5.45. The molecule has 0 fully saturated rings. The second-order valence-corrected chi connectivity index (χ2v) is 5.45. The Morgan fingerprint density at radius 2 is 1.88 bits per heavy atom. The Balaban J connectivity index is 1.98. The Kier molecular flexibility index (Phi) is 6.07. The lowest BCUT2D eigenvalue weighted by molar-refractivity contribution is -0.127. The van der Waals surface area contributed by atoms with E-state index in [9.17, 15) is 4.79 Å². The Hall–Kier alpha value is -2.69. The quantitative estimate of drug-likeness (QED) is 0.848. The lowest BCUT2D eigenvalue weighted by Crippen LogP contribution is -2.36. The molecule has 0 aliphatic carbocycles. The Bertz CT molecular complexity index is 700. The lowest BCUT2D eigenvalue weighted by atomic mass is 10.2. The van der Waals surface area contributed by atoms with Gasteiger partial charge in [0, 0.05) is 12.1 Å². The van der Waals surface area contributed by atoms with Crippen molar-refractivity contribution in [3.05, 3.63) is 53.6 Å². The highest BCUT2D eigenvalue weighted by Gasteiger charge is 2.16. The highest BCUT2D eigenvalue weighted by Crippen LogP contribution is 2.30. The van der Waals surface area contributed by atoms with Crippen molar-refractivity contribution in [1.29, 1.82) is 0 Å². The maximum absolute atomic E-state index is 12.3. The van der Waals surface area contributed by atoms with Crippen LogP contribution in [0.25, 0.3) is 0 Å². The number of hydrogen-bond acceptors (Lipinski definition) is 4. The monoisotopic (exact) mass is 329 g/mol. The van der Waals surface area contributed by atoms with Crippen LogP contribution in [0.4, 0.5) is 0 Å². The van der Waals surface area contributed by atoms with Crippen LogP contribution < -0.4 is 19.5 Å². The van der Waals surface area contributed by atoms with E-state index < -0.39 is 6.10 Å². The minimum Gasteiger partial charge on any atom is -0.493 e. The zero-order valence-electron chi connectivity index (χ0n) is 14.5. The number of carbonyl (C=O) groups excluding carboxylic acids is 1. The van der Waals surface area contributed by atoms with Gasteiger partial charge in [-0.25, -0.2) is 0 Å². The third-order valence-electron chi connectivity index (χ3n) is 3.61. The predicted octanol–water partition coefficient (Wildman–Crippen LogP) is 3.10. The Morgan fingerprint density at radius 3 is 2.54 bits per heavy atom. The predicted molar refractivity (Wildman–Crippen MR) is 92.7 cm³/mol. The highest BCUT2D eigenvalue weighted by molar-refractivity contribution is 5.80. The average molecular weight is 329 g/mol. The van der Waals surface area contributed by atoms with Gasteiger partial charge >= 0.3 is 0 Å². The van der Waals surface area contributed by atoms with Gasteiger partial charge in [-0.2, -0.15) is 0 Å². The van der Waals surface area contributed by atoms with Crippen LogP contribution in [-0.4, -0.2) is 26.2 Å². The number of methoxy groups -OCH3 is 2. The molecule has 128 valence electrons. The zero-order chi connectivity index (χ0) is 17.5. The van der Waals surface area contributed by atoms with Gasteiger partial charge in [-0.3, -0.25) is 4.79 Å². The molecule has 1 amide bonds. The summed E-state index contributed by atoms with van der Waals surface area (Å²) in [7, 11) is 3.16. The maximum Gasteiger partial charge on any atom is 0.261 e. The molecule has 2 aromatic carbocycles. The number of amides is 1. The first-order valence-corrected chi connectivity index (χ1v) is 7.76. The molecule has 0 aliphatic heterocycles. The minimum absolute atomic E-state index is 0.193. The standard InChI is InChI=1S/C19H23NO4/c1-13-7-5-9-16(11-13)24-14(2)19(21)20-12-15-8-6-10-17(22-3)18(15)23-4/h5-11,14H,12H2,1-4H3,(H,20,21). The van der Waals surface area contributed by atoms with Gasteiger partial charge in [0.15, 0.2) is 17.6 Å². The summed E-state index contributed by atoms with van der Waals surface area (Å²) in [5.41, 5.74) is 1.93. The normalized spacial score (nSPS) is 11.5. The third-order valence-corrected chi connectivity index (χ3v) is 3.61.